The average Bonchev–Trinajstić information content (AvgIpc) is 3.04. The number of thioether (sulfide) groups is 1. The van der Waals surface area contributed by atoms with Crippen LogP contribution in [0.3, 0.4) is 0 Å². The summed E-state index contributed by atoms with van der Waals surface area (Å²) < 4.78 is 42.0. The number of alkyl halides is 3. The maximum absolute atomic E-state index is 12.4. The van der Waals surface area contributed by atoms with Gasteiger partial charge in [-0.25, -0.2) is 0 Å². The molecule has 0 radical (unpaired) electrons. The molecule has 4 nitrogen and oxygen atoms in total. The number of nitrogens with zero attached hydrogens (tertiary/aromatic N) is 1. The van der Waals surface area contributed by atoms with E-state index in [-0.39, 0.29) is 5.75 Å². The Morgan fingerprint density at radius 3 is 2.72 bits per heavy atom. The van der Waals surface area contributed by atoms with Crippen LogP contribution in [0.2, 0.25) is 0 Å². The van der Waals surface area contributed by atoms with E-state index >= 15 is 0 Å². The molecule has 0 bridgehead atoms. The molecule has 0 saturated heterocycles. The molecule has 2 rings (SSSR count). The largest absolute Gasteiger partial charge is 0.484 e. The van der Waals surface area contributed by atoms with Crippen LogP contribution in [0.4, 0.5) is 13.2 Å². The van der Waals surface area contributed by atoms with Crippen LogP contribution in [0.15, 0.2) is 29.3 Å². The molecule has 0 amide bonds. The van der Waals surface area contributed by atoms with Gasteiger partial charge in [-0.2, -0.15) is 24.9 Å². The second kappa shape index (κ2) is 9.22. The van der Waals surface area contributed by atoms with Gasteiger partial charge in [-0.05, 0) is 31.6 Å². The van der Waals surface area contributed by atoms with Crippen molar-refractivity contribution in [2.45, 2.75) is 43.3 Å². The molecule has 2 N–H and O–H groups in total. The van der Waals surface area contributed by atoms with Crippen molar-refractivity contribution in [1.82, 2.24) is 10.6 Å². The standard InChI is InChI=1S/C17H24F3N3OS/c1-21-16(23-13-7-8-14(9-13)25-2)22-10-12-5-3-4-6-15(12)24-11-17(18,19)20/h3-6,13-14H,7-11H2,1-2H3,(H2,21,22,23). The Balaban J connectivity index is 1.89. The van der Waals surface area contributed by atoms with Crippen molar-refractivity contribution in [1.29, 1.82) is 0 Å². The second-order valence-electron chi connectivity index (χ2n) is 5.95. The maximum Gasteiger partial charge on any atom is 0.422 e. The maximum atomic E-state index is 12.4. The fourth-order valence-electron chi connectivity index (χ4n) is 2.80. The number of ether oxygens (including phenoxy) is 1. The Bertz CT molecular complexity index is 581. The SMILES string of the molecule is CN=C(NCc1ccccc1OCC(F)(F)F)NC1CCC(SC)C1. The molecule has 0 heterocycles. The smallest absolute Gasteiger partial charge is 0.422 e. The van der Waals surface area contributed by atoms with Gasteiger partial charge in [-0.1, -0.05) is 18.2 Å². The Labute approximate surface area is 150 Å². The van der Waals surface area contributed by atoms with Crippen molar-refractivity contribution < 1.29 is 17.9 Å². The minimum atomic E-state index is -4.35. The highest BCUT2D eigenvalue weighted by Gasteiger charge is 2.29. The van der Waals surface area contributed by atoms with Crippen LogP contribution in [0.5, 0.6) is 5.75 Å². The number of aliphatic imine (C=N–C) groups is 1. The molecule has 1 aromatic carbocycles. The molecular formula is C17H24F3N3OS. The molecule has 1 aromatic rings. The zero-order valence-corrected chi connectivity index (χ0v) is 15.2. The molecule has 8 heteroatoms. The summed E-state index contributed by atoms with van der Waals surface area (Å²) in [6.45, 7) is -0.957. The van der Waals surface area contributed by atoms with Gasteiger partial charge >= 0.3 is 6.18 Å². The number of rotatable bonds is 6. The predicted molar refractivity (Wildman–Crippen MR) is 96.3 cm³/mol. The van der Waals surface area contributed by atoms with Gasteiger partial charge < -0.3 is 15.4 Å². The molecular weight excluding hydrogens is 351 g/mol. The van der Waals surface area contributed by atoms with E-state index in [2.05, 4.69) is 21.9 Å². The highest BCUT2D eigenvalue weighted by atomic mass is 32.2. The van der Waals surface area contributed by atoms with Crippen molar-refractivity contribution in [2.75, 3.05) is 19.9 Å². The van der Waals surface area contributed by atoms with Crippen molar-refractivity contribution in [2.24, 2.45) is 4.99 Å². The first-order valence-corrected chi connectivity index (χ1v) is 9.47. The van der Waals surface area contributed by atoms with Crippen LogP contribution in [0.25, 0.3) is 0 Å². The van der Waals surface area contributed by atoms with Crippen molar-refractivity contribution in [3.05, 3.63) is 29.8 Å². The van der Waals surface area contributed by atoms with Gasteiger partial charge in [0.2, 0.25) is 0 Å². The van der Waals surface area contributed by atoms with Crippen LogP contribution in [0, 0.1) is 0 Å². The lowest BCUT2D eigenvalue weighted by Gasteiger charge is -2.18. The molecule has 25 heavy (non-hydrogen) atoms. The van der Waals surface area contributed by atoms with E-state index in [9.17, 15) is 13.2 Å². The summed E-state index contributed by atoms with van der Waals surface area (Å²) in [6, 6.07) is 7.09. The average molecular weight is 375 g/mol. The molecule has 0 aliphatic heterocycles. The first kappa shape index (κ1) is 19.8. The predicted octanol–water partition coefficient (Wildman–Crippen LogP) is 3.58. The number of hydrogen-bond donors (Lipinski definition) is 2. The fraction of sp³-hybridized carbons (Fsp3) is 0.588. The summed E-state index contributed by atoms with van der Waals surface area (Å²) in [5, 5.41) is 7.21. The van der Waals surface area contributed by atoms with Gasteiger partial charge in [-0.3, -0.25) is 4.99 Å². The van der Waals surface area contributed by atoms with Gasteiger partial charge in [0.25, 0.3) is 0 Å². The highest BCUT2D eigenvalue weighted by molar-refractivity contribution is 7.99. The lowest BCUT2D eigenvalue weighted by atomic mass is 10.2. The van der Waals surface area contributed by atoms with E-state index in [1.54, 1.807) is 31.3 Å². The third-order valence-corrected chi connectivity index (χ3v) is 5.19. The zero-order valence-electron chi connectivity index (χ0n) is 14.4. The molecule has 140 valence electrons. The number of hydrogen-bond acceptors (Lipinski definition) is 3. The number of guanidine groups is 1. The molecule has 1 saturated carbocycles. The monoisotopic (exact) mass is 375 g/mol. The van der Waals surface area contributed by atoms with Gasteiger partial charge in [0.1, 0.15) is 5.75 Å². The first-order valence-electron chi connectivity index (χ1n) is 8.18. The van der Waals surface area contributed by atoms with Gasteiger partial charge in [0.05, 0.1) is 0 Å². The van der Waals surface area contributed by atoms with Gasteiger partial charge in [0, 0.05) is 30.4 Å². The summed E-state index contributed by atoms with van der Waals surface area (Å²) >= 11 is 1.88. The molecule has 0 aromatic heterocycles. The summed E-state index contributed by atoms with van der Waals surface area (Å²) in [5.74, 6) is 0.878. The van der Waals surface area contributed by atoms with Gasteiger partial charge in [0.15, 0.2) is 12.6 Å². The first-order chi connectivity index (χ1) is 11.9. The van der Waals surface area contributed by atoms with Crippen LogP contribution < -0.4 is 15.4 Å². The quantitative estimate of drug-likeness (QED) is 0.589. The number of halogens is 3. The minimum Gasteiger partial charge on any atom is -0.484 e. The Morgan fingerprint density at radius 2 is 2.08 bits per heavy atom. The van der Waals surface area contributed by atoms with Crippen LogP contribution in [-0.4, -0.2) is 43.3 Å². The lowest BCUT2D eigenvalue weighted by Crippen LogP contribution is -2.42. The number of para-hydroxylation sites is 1. The van der Waals surface area contributed by atoms with Crippen LogP contribution in [-0.2, 0) is 6.54 Å². The normalized spacial score (nSPS) is 21.2. The van der Waals surface area contributed by atoms with Crippen LogP contribution >= 0.6 is 11.8 Å². The van der Waals surface area contributed by atoms with E-state index in [4.69, 9.17) is 4.74 Å². The summed E-state index contributed by atoms with van der Waals surface area (Å²) in [5.41, 5.74) is 0.656. The lowest BCUT2D eigenvalue weighted by molar-refractivity contribution is -0.153. The molecule has 1 aliphatic carbocycles. The number of nitrogens with one attached hydrogen (secondary N) is 2. The Hall–Kier alpha value is -1.57. The zero-order chi connectivity index (χ0) is 18.3. The Kier molecular flexibility index (Phi) is 7.28. The summed E-state index contributed by atoms with van der Waals surface area (Å²) in [6.07, 6.45) is 1.14. The van der Waals surface area contributed by atoms with Gasteiger partial charge in [-0.15, -0.1) is 0 Å². The molecule has 0 spiro atoms. The third kappa shape index (κ3) is 6.68. The fourth-order valence-corrected chi connectivity index (χ4v) is 3.60. The van der Waals surface area contributed by atoms with E-state index in [1.807, 2.05) is 11.8 Å². The van der Waals surface area contributed by atoms with Crippen molar-refractivity contribution in [3.63, 3.8) is 0 Å². The highest BCUT2D eigenvalue weighted by Crippen LogP contribution is 2.28. The van der Waals surface area contributed by atoms with E-state index in [0.717, 1.165) is 12.8 Å². The van der Waals surface area contributed by atoms with E-state index in [0.29, 0.717) is 29.4 Å². The molecule has 1 aliphatic rings. The van der Waals surface area contributed by atoms with Crippen LogP contribution in [0.1, 0.15) is 24.8 Å². The summed E-state index contributed by atoms with van der Waals surface area (Å²) in [4.78, 5) is 4.20. The van der Waals surface area contributed by atoms with E-state index in [1.165, 1.54) is 6.42 Å². The molecule has 2 atom stereocenters. The third-order valence-electron chi connectivity index (χ3n) is 4.09. The second-order valence-corrected chi connectivity index (χ2v) is 7.09. The molecule has 2 unspecified atom stereocenters. The van der Waals surface area contributed by atoms with Crippen molar-refractivity contribution >= 4 is 17.7 Å². The minimum absolute atomic E-state index is 0.228. The molecule has 1 fully saturated rings. The van der Waals surface area contributed by atoms with E-state index < -0.39 is 12.8 Å². The Morgan fingerprint density at radius 1 is 1.32 bits per heavy atom. The topological polar surface area (TPSA) is 45.7 Å². The van der Waals surface area contributed by atoms with Crippen molar-refractivity contribution in [3.8, 4) is 5.75 Å². The summed E-state index contributed by atoms with van der Waals surface area (Å²) in [7, 11) is 1.68. The number of benzene rings is 1.